The molecule has 24 heavy (non-hydrogen) atoms. The van der Waals surface area contributed by atoms with E-state index in [1.165, 1.54) is 29.2 Å². The summed E-state index contributed by atoms with van der Waals surface area (Å²) in [6, 6.07) is 4.59. The van der Waals surface area contributed by atoms with Crippen molar-refractivity contribution in [2.45, 2.75) is 12.6 Å². The monoisotopic (exact) mass is 338 g/mol. The van der Waals surface area contributed by atoms with Crippen molar-refractivity contribution in [3.8, 4) is 5.69 Å². The van der Waals surface area contributed by atoms with Gasteiger partial charge in [-0.15, -0.1) is 0 Å². The van der Waals surface area contributed by atoms with E-state index in [0.29, 0.717) is 36.2 Å². The average Bonchev–Trinajstić information content (AvgIpc) is 3.14. The van der Waals surface area contributed by atoms with E-state index >= 15 is 0 Å². The molecule has 0 radical (unpaired) electrons. The third kappa shape index (κ3) is 3.59. The standard InChI is InChI=1S/C16H17F3N4O/c17-16(18,19)13-1-3-14(4-2-13)23-9-12(8-22-23)15(24)21-7-11-5-10(11)6-20/h1-4,8-11H,5-7,20H2,(H,21,24)/t10-,11-/m0/s1. The smallest absolute Gasteiger partial charge is 0.352 e. The second-order valence-electron chi connectivity index (χ2n) is 5.92. The second-order valence-corrected chi connectivity index (χ2v) is 5.92. The van der Waals surface area contributed by atoms with Crippen LogP contribution >= 0.6 is 0 Å². The third-order valence-electron chi connectivity index (χ3n) is 4.20. The first-order valence-corrected chi connectivity index (χ1v) is 7.59. The predicted octanol–water partition coefficient (Wildman–Crippen LogP) is 2.22. The normalized spacial score (nSPS) is 20.0. The lowest BCUT2D eigenvalue weighted by Gasteiger charge is -2.07. The zero-order chi connectivity index (χ0) is 17.3. The molecule has 3 rings (SSSR count). The molecule has 2 aromatic rings. The van der Waals surface area contributed by atoms with E-state index in [0.717, 1.165) is 18.6 Å². The van der Waals surface area contributed by atoms with Crippen molar-refractivity contribution in [2.24, 2.45) is 17.6 Å². The number of nitrogens with zero attached hydrogens (tertiary/aromatic N) is 2. The number of carbonyl (C=O) groups is 1. The van der Waals surface area contributed by atoms with Crippen molar-refractivity contribution in [1.82, 2.24) is 15.1 Å². The Balaban J connectivity index is 1.63. The number of amides is 1. The van der Waals surface area contributed by atoms with Crippen LogP contribution in [0.25, 0.3) is 5.69 Å². The molecular weight excluding hydrogens is 321 g/mol. The zero-order valence-electron chi connectivity index (χ0n) is 12.8. The van der Waals surface area contributed by atoms with Gasteiger partial charge in [-0.2, -0.15) is 18.3 Å². The Hall–Kier alpha value is -2.35. The topological polar surface area (TPSA) is 72.9 Å². The molecular formula is C16H17F3N4O. The van der Waals surface area contributed by atoms with E-state index in [1.807, 2.05) is 0 Å². The van der Waals surface area contributed by atoms with Crippen molar-refractivity contribution >= 4 is 5.91 Å². The molecule has 0 aliphatic heterocycles. The van der Waals surface area contributed by atoms with Gasteiger partial charge in [0.15, 0.2) is 0 Å². The summed E-state index contributed by atoms with van der Waals surface area (Å²) < 4.78 is 39.0. The lowest BCUT2D eigenvalue weighted by Crippen LogP contribution is -2.26. The predicted molar refractivity (Wildman–Crippen MR) is 81.6 cm³/mol. The first-order valence-electron chi connectivity index (χ1n) is 7.59. The van der Waals surface area contributed by atoms with Gasteiger partial charge in [-0.3, -0.25) is 4.79 Å². The molecule has 0 bridgehead atoms. The van der Waals surface area contributed by atoms with Gasteiger partial charge in [0.25, 0.3) is 5.91 Å². The van der Waals surface area contributed by atoms with Crippen LogP contribution in [0.4, 0.5) is 13.2 Å². The highest BCUT2D eigenvalue weighted by Crippen LogP contribution is 2.36. The first-order chi connectivity index (χ1) is 11.4. The van der Waals surface area contributed by atoms with E-state index < -0.39 is 11.7 Å². The molecule has 5 nitrogen and oxygen atoms in total. The largest absolute Gasteiger partial charge is 0.416 e. The maximum Gasteiger partial charge on any atom is 0.416 e. The molecule has 8 heteroatoms. The van der Waals surface area contributed by atoms with Gasteiger partial charge in [0.1, 0.15) is 0 Å². The Morgan fingerprint density at radius 3 is 2.58 bits per heavy atom. The maximum atomic E-state index is 12.6. The highest BCUT2D eigenvalue weighted by molar-refractivity contribution is 5.93. The zero-order valence-corrected chi connectivity index (χ0v) is 12.8. The van der Waals surface area contributed by atoms with Crippen molar-refractivity contribution in [1.29, 1.82) is 0 Å². The number of hydrogen-bond donors (Lipinski definition) is 2. The number of rotatable bonds is 5. The van der Waals surface area contributed by atoms with Crippen molar-refractivity contribution < 1.29 is 18.0 Å². The molecule has 2 atom stereocenters. The molecule has 1 aliphatic rings. The molecule has 3 N–H and O–H groups in total. The third-order valence-corrected chi connectivity index (χ3v) is 4.20. The van der Waals surface area contributed by atoms with E-state index in [-0.39, 0.29) is 5.91 Å². The maximum absolute atomic E-state index is 12.6. The summed E-state index contributed by atoms with van der Waals surface area (Å²) in [4.78, 5) is 12.1. The number of hydrogen-bond acceptors (Lipinski definition) is 3. The number of alkyl halides is 3. The fourth-order valence-electron chi connectivity index (χ4n) is 2.56. The summed E-state index contributed by atoms with van der Waals surface area (Å²) in [5, 5.41) is 6.85. The quantitative estimate of drug-likeness (QED) is 0.878. The summed E-state index contributed by atoms with van der Waals surface area (Å²) in [5.74, 6) is 0.667. The first kappa shape index (κ1) is 16.5. The summed E-state index contributed by atoms with van der Waals surface area (Å²) >= 11 is 0. The molecule has 128 valence electrons. The van der Waals surface area contributed by atoms with E-state index in [2.05, 4.69) is 10.4 Å². The SMILES string of the molecule is NC[C@@H]1C[C@H]1CNC(=O)c1cnn(-c2ccc(C(F)(F)F)cc2)c1. The van der Waals surface area contributed by atoms with Gasteiger partial charge >= 0.3 is 6.18 Å². The van der Waals surface area contributed by atoms with Crippen molar-refractivity contribution in [3.63, 3.8) is 0 Å². The van der Waals surface area contributed by atoms with Gasteiger partial charge < -0.3 is 11.1 Å². The van der Waals surface area contributed by atoms with Crippen LogP contribution in [0.2, 0.25) is 0 Å². The molecule has 1 saturated carbocycles. The summed E-state index contributed by atoms with van der Waals surface area (Å²) in [6.07, 6.45) is -0.467. The van der Waals surface area contributed by atoms with Crippen molar-refractivity contribution in [3.05, 3.63) is 47.8 Å². The fraction of sp³-hybridized carbons (Fsp3) is 0.375. The lowest BCUT2D eigenvalue weighted by molar-refractivity contribution is -0.137. The Morgan fingerprint density at radius 1 is 1.29 bits per heavy atom. The van der Waals surface area contributed by atoms with Crippen LogP contribution in [0, 0.1) is 11.8 Å². The minimum Gasteiger partial charge on any atom is -0.352 e. The summed E-state index contributed by atoms with van der Waals surface area (Å²) in [6.45, 7) is 1.21. The average molecular weight is 338 g/mol. The Kier molecular flexibility index (Phi) is 4.31. The number of halogens is 3. The second kappa shape index (κ2) is 6.27. The van der Waals surface area contributed by atoms with Gasteiger partial charge in [0.05, 0.1) is 23.0 Å². The van der Waals surface area contributed by atoms with Crippen LogP contribution in [0.3, 0.4) is 0 Å². The highest BCUT2D eigenvalue weighted by Gasteiger charge is 2.35. The van der Waals surface area contributed by atoms with E-state index in [9.17, 15) is 18.0 Å². The summed E-state index contributed by atoms with van der Waals surface area (Å²) in [7, 11) is 0. The van der Waals surface area contributed by atoms with Crippen LogP contribution in [0.5, 0.6) is 0 Å². The van der Waals surface area contributed by atoms with Crippen molar-refractivity contribution in [2.75, 3.05) is 13.1 Å². The van der Waals surface area contributed by atoms with Gasteiger partial charge in [-0.25, -0.2) is 4.68 Å². The number of nitrogens with one attached hydrogen (secondary N) is 1. The molecule has 0 saturated heterocycles. The minimum absolute atomic E-state index is 0.254. The molecule has 1 amide bonds. The summed E-state index contributed by atoms with van der Waals surface area (Å²) in [5.41, 5.74) is 5.64. The van der Waals surface area contributed by atoms with Crippen LogP contribution in [-0.4, -0.2) is 28.8 Å². The van der Waals surface area contributed by atoms with Crippen LogP contribution < -0.4 is 11.1 Å². The van der Waals surface area contributed by atoms with Gasteiger partial charge in [-0.1, -0.05) is 0 Å². The number of carbonyl (C=O) groups excluding carboxylic acids is 1. The molecule has 0 unspecified atom stereocenters. The Morgan fingerprint density at radius 2 is 2.00 bits per heavy atom. The van der Waals surface area contributed by atoms with Gasteiger partial charge in [0.2, 0.25) is 0 Å². The molecule has 1 fully saturated rings. The van der Waals surface area contributed by atoms with Crippen LogP contribution in [0.1, 0.15) is 22.3 Å². The molecule has 1 aromatic carbocycles. The molecule has 1 heterocycles. The minimum atomic E-state index is -4.38. The molecule has 0 spiro atoms. The highest BCUT2D eigenvalue weighted by atomic mass is 19.4. The molecule has 1 aliphatic carbocycles. The Bertz CT molecular complexity index is 724. The lowest BCUT2D eigenvalue weighted by atomic mass is 10.2. The van der Waals surface area contributed by atoms with Gasteiger partial charge in [0, 0.05) is 12.7 Å². The number of nitrogens with two attached hydrogens (primary N) is 1. The van der Waals surface area contributed by atoms with Crippen LogP contribution in [0.15, 0.2) is 36.7 Å². The van der Waals surface area contributed by atoms with Crippen LogP contribution in [-0.2, 0) is 6.18 Å². The molecule has 1 aromatic heterocycles. The van der Waals surface area contributed by atoms with Gasteiger partial charge in [-0.05, 0) is 49.1 Å². The number of aromatic nitrogens is 2. The fourth-order valence-corrected chi connectivity index (χ4v) is 2.56. The Labute approximate surface area is 136 Å². The van der Waals surface area contributed by atoms with E-state index in [4.69, 9.17) is 5.73 Å². The number of benzene rings is 1. The van der Waals surface area contributed by atoms with E-state index in [1.54, 1.807) is 0 Å².